The van der Waals surface area contributed by atoms with Crippen molar-refractivity contribution >= 4 is 33.3 Å². The maximum Gasteiger partial charge on any atom is 0.309 e. The Balaban J connectivity index is 1.99. The highest BCUT2D eigenvalue weighted by atomic mass is 32.1. The van der Waals surface area contributed by atoms with Crippen molar-refractivity contribution < 1.29 is 19.4 Å². The minimum atomic E-state index is -0.909. The van der Waals surface area contributed by atoms with Gasteiger partial charge in [0.15, 0.2) is 0 Å². The summed E-state index contributed by atoms with van der Waals surface area (Å²) >= 11 is 1.59. The fourth-order valence-electron chi connectivity index (χ4n) is 3.27. The van der Waals surface area contributed by atoms with Crippen molar-refractivity contribution in [2.75, 3.05) is 20.3 Å². The van der Waals surface area contributed by atoms with E-state index in [0.717, 1.165) is 15.6 Å². The van der Waals surface area contributed by atoms with Gasteiger partial charge in [0.1, 0.15) is 0 Å². The number of carbonyl (C=O) groups excluding carboxylic acids is 1. The highest BCUT2D eigenvalue weighted by Gasteiger charge is 2.45. The van der Waals surface area contributed by atoms with Crippen LogP contribution >= 0.6 is 11.3 Å². The van der Waals surface area contributed by atoms with Gasteiger partial charge in [-0.05, 0) is 28.8 Å². The first-order chi connectivity index (χ1) is 11.1. The first-order valence-electron chi connectivity index (χ1n) is 7.61. The molecule has 1 aliphatic heterocycles. The van der Waals surface area contributed by atoms with E-state index in [4.69, 9.17) is 4.74 Å². The van der Waals surface area contributed by atoms with Gasteiger partial charge in [-0.15, -0.1) is 11.3 Å². The van der Waals surface area contributed by atoms with E-state index >= 15 is 0 Å². The molecule has 23 heavy (non-hydrogen) atoms. The minimum absolute atomic E-state index is 0.0666. The molecule has 2 aromatic rings. The van der Waals surface area contributed by atoms with E-state index < -0.39 is 17.9 Å². The van der Waals surface area contributed by atoms with Gasteiger partial charge in [-0.1, -0.05) is 18.2 Å². The summed E-state index contributed by atoms with van der Waals surface area (Å²) in [6.07, 6.45) is 0.768. The number of hydrogen-bond acceptors (Lipinski definition) is 4. The quantitative estimate of drug-likeness (QED) is 0.826. The smallest absolute Gasteiger partial charge is 0.309 e. The molecule has 1 aliphatic rings. The van der Waals surface area contributed by atoms with Crippen LogP contribution in [0.2, 0.25) is 0 Å². The molecule has 2 atom stereocenters. The van der Waals surface area contributed by atoms with E-state index in [1.807, 2.05) is 29.6 Å². The van der Waals surface area contributed by atoms with Crippen molar-refractivity contribution in [1.82, 2.24) is 4.90 Å². The predicted octanol–water partition coefficient (Wildman–Crippen LogP) is 2.91. The maximum absolute atomic E-state index is 12.4. The van der Waals surface area contributed by atoms with Crippen LogP contribution in [-0.4, -0.2) is 42.1 Å². The number of likely N-dealkylation sites (tertiary alicyclic amines) is 1. The van der Waals surface area contributed by atoms with Crippen LogP contribution < -0.4 is 0 Å². The summed E-state index contributed by atoms with van der Waals surface area (Å²) in [5.74, 6) is -1.69. The van der Waals surface area contributed by atoms with Crippen LogP contribution in [0.4, 0.5) is 0 Å². The number of amides is 1. The van der Waals surface area contributed by atoms with E-state index in [0.29, 0.717) is 19.6 Å². The van der Waals surface area contributed by atoms with Crippen LogP contribution in [0.15, 0.2) is 29.6 Å². The van der Waals surface area contributed by atoms with Crippen LogP contribution in [0.3, 0.4) is 0 Å². The zero-order valence-electron chi connectivity index (χ0n) is 12.9. The fourth-order valence-corrected chi connectivity index (χ4v) is 4.26. The molecule has 1 aromatic heterocycles. The number of hydrogen-bond donors (Lipinski definition) is 1. The van der Waals surface area contributed by atoms with Crippen molar-refractivity contribution in [3.8, 4) is 0 Å². The second-order valence-corrected chi connectivity index (χ2v) is 6.63. The Hall–Kier alpha value is -1.92. The van der Waals surface area contributed by atoms with Crippen molar-refractivity contribution in [1.29, 1.82) is 0 Å². The molecular formula is C17H19NO4S. The lowest BCUT2D eigenvalue weighted by molar-refractivity contribution is -0.142. The molecule has 0 spiro atoms. The fraction of sp³-hybridized carbons (Fsp3) is 0.412. The van der Waals surface area contributed by atoms with Crippen LogP contribution in [0.1, 0.15) is 24.4 Å². The Kier molecular flexibility index (Phi) is 4.63. The van der Waals surface area contributed by atoms with Gasteiger partial charge in [-0.3, -0.25) is 9.59 Å². The van der Waals surface area contributed by atoms with Crippen molar-refractivity contribution in [2.45, 2.75) is 18.9 Å². The Labute approximate surface area is 138 Å². The maximum atomic E-state index is 12.4. The molecule has 0 radical (unpaired) electrons. The number of fused-ring (bicyclic) bond motifs is 1. The average Bonchev–Trinajstić information content (AvgIpc) is 3.09. The number of carboxylic acid groups (broad SMARTS) is 1. The highest BCUT2D eigenvalue weighted by Crippen LogP contribution is 2.43. The van der Waals surface area contributed by atoms with Crippen LogP contribution in [0, 0.1) is 5.92 Å². The lowest BCUT2D eigenvalue weighted by Crippen LogP contribution is -2.31. The summed E-state index contributed by atoms with van der Waals surface area (Å²) < 4.78 is 6.17. The number of carbonyl (C=O) groups is 2. The average molecular weight is 333 g/mol. The van der Waals surface area contributed by atoms with Gasteiger partial charge in [-0.25, -0.2) is 0 Å². The predicted molar refractivity (Wildman–Crippen MR) is 88.5 cm³/mol. The number of thiophene rings is 1. The Morgan fingerprint density at radius 3 is 2.96 bits per heavy atom. The third-order valence-electron chi connectivity index (χ3n) is 4.33. The molecule has 0 aliphatic carbocycles. The van der Waals surface area contributed by atoms with E-state index in [-0.39, 0.29) is 12.3 Å². The molecule has 1 amide bonds. The minimum Gasteiger partial charge on any atom is -0.481 e. The van der Waals surface area contributed by atoms with Gasteiger partial charge in [-0.2, -0.15) is 0 Å². The number of rotatable bonds is 6. The molecule has 0 saturated carbocycles. The molecule has 1 aromatic carbocycles. The lowest BCUT2D eigenvalue weighted by Gasteiger charge is -2.27. The van der Waals surface area contributed by atoms with Gasteiger partial charge in [0.25, 0.3) is 0 Å². The molecule has 1 saturated heterocycles. The first-order valence-corrected chi connectivity index (χ1v) is 8.48. The molecule has 122 valence electrons. The Bertz CT molecular complexity index is 726. The lowest BCUT2D eigenvalue weighted by atomic mass is 9.93. The number of aliphatic carboxylic acids is 1. The van der Waals surface area contributed by atoms with Crippen LogP contribution in [-0.2, 0) is 14.3 Å². The van der Waals surface area contributed by atoms with E-state index in [1.54, 1.807) is 23.3 Å². The second kappa shape index (κ2) is 6.68. The van der Waals surface area contributed by atoms with Gasteiger partial charge >= 0.3 is 5.97 Å². The molecule has 0 bridgehead atoms. The zero-order chi connectivity index (χ0) is 16.4. The molecule has 3 rings (SSSR count). The second-order valence-electron chi connectivity index (χ2n) is 5.71. The van der Waals surface area contributed by atoms with Crippen LogP contribution in [0.25, 0.3) is 10.1 Å². The van der Waals surface area contributed by atoms with Gasteiger partial charge in [0.2, 0.25) is 5.91 Å². The Morgan fingerprint density at radius 2 is 2.22 bits per heavy atom. The van der Waals surface area contributed by atoms with Crippen molar-refractivity contribution in [3.05, 3.63) is 35.2 Å². The van der Waals surface area contributed by atoms with Crippen molar-refractivity contribution in [2.24, 2.45) is 5.92 Å². The summed E-state index contributed by atoms with van der Waals surface area (Å²) in [5, 5.41) is 12.6. The molecule has 6 heteroatoms. The molecular weight excluding hydrogens is 314 g/mol. The SMILES string of the molecule is COCCCN1C(=O)C[C@@H](C(=O)O)[C@H]1c1csc2ccccc12. The summed E-state index contributed by atoms with van der Waals surface area (Å²) in [5.41, 5.74) is 0.946. The summed E-state index contributed by atoms with van der Waals surface area (Å²) in [4.78, 5) is 25.7. The third kappa shape index (κ3) is 2.96. The zero-order valence-corrected chi connectivity index (χ0v) is 13.7. The molecule has 5 nitrogen and oxygen atoms in total. The largest absolute Gasteiger partial charge is 0.481 e. The third-order valence-corrected chi connectivity index (χ3v) is 5.31. The number of carboxylic acids is 1. The number of methoxy groups -OCH3 is 1. The summed E-state index contributed by atoms with van der Waals surface area (Å²) in [6.45, 7) is 1.07. The summed E-state index contributed by atoms with van der Waals surface area (Å²) in [7, 11) is 1.62. The van der Waals surface area contributed by atoms with Crippen LogP contribution in [0.5, 0.6) is 0 Å². The molecule has 1 fully saturated rings. The molecule has 1 N–H and O–H groups in total. The Morgan fingerprint density at radius 1 is 1.43 bits per heavy atom. The monoisotopic (exact) mass is 333 g/mol. The van der Waals surface area contributed by atoms with E-state index in [9.17, 15) is 14.7 Å². The number of ether oxygens (including phenoxy) is 1. The van der Waals surface area contributed by atoms with Crippen molar-refractivity contribution in [3.63, 3.8) is 0 Å². The molecule has 2 heterocycles. The van der Waals surface area contributed by atoms with Gasteiger partial charge < -0.3 is 14.7 Å². The first kappa shape index (κ1) is 16.0. The number of nitrogens with zero attached hydrogens (tertiary/aromatic N) is 1. The van der Waals surface area contributed by atoms with Gasteiger partial charge in [0, 0.05) is 31.4 Å². The van der Waals surface area contributed by atoms with Gasteiger partial charge in [0.05, 0.1) is 12.0 Å². The molecule has 0 unspecified atom stereocenters. The van der Waals surface area contributed by atoms with E-state index in [1.165, 1.54) is 0 Å². The normalized spacial score (nSPS) is 21.3. The summed E-state index contributed by atoms with van der Waals surface area (Å²) in [6, 6.07) is 7.53. The number of benzene rings is 1. The topological polar surface area (TPSA) is 66.8 Å². The highest BCUT2D eigenvalue weighted by molar-refractivity contribution is 7.17. The van der Waals surface area contributed by atoms with E-state index in [2.05, 4.69) is 0 Å². The standard InChI is InChI=1S/C17H19NO4S/c1-22-8-4-7-18-15(19)9-12(17(20)21)16(18)13-10-23-14-6-3-2-5-11(13)14/h2-3,5-6,10,12,16H,4,7-9H2,1H3,(H,20,21)/t12-,16+/m1/s1.